The molecule has 1 rings (SSSR count). The Morgan fingerprint density at radius 3 is 2.10 bits per heavy atom. The van der Waals surface area contributed by atoms with Gasteiger partial charge < -0.3 is 9.80 Å². The van der Waals surface area contributed by atoms with E-state index in [1.54, 1.807) is 0 Å². The summed E-state index contributed by atoms with van der Waals surface area (Å²) in [6, 6.07) is 2.79. The quantitative estimate of drug-likeness (QED) is 0.774. The molecule has 1 aliphatic rings. The molecule has 1 heterocycles. The van der Waals surface area contributed by atoms with Crippen molar-refractivity contribution < 1.29 is 0 Å². The van der Waals surface area contributed by atoms with Crippen molar-refractivity contribution in [2.24, 2.45) is 5.92 Å². The molecule has 1 aliphatic heterocycles. The van der Waals surface area contributed by atoms with E-state index in [0.29, 0.717) is 6.04 Å². The van der Waals surface area contributed by atoms with Crippen molar-refractivity contribution >= 4 is 0 Å². The first kappa shape index (κ1) is 17.4. The van der Waals surface area contributed by atoms with Crippen LogP contribution in [0.1, 0.15) is 41.0 Å². The molecule has 0 aliphatic carbocycles. The maximum Gasteiger partial charge on any atom is 0.105 e. The smallest absolute Gasteiger partial charge is 0.105 e. The van der Waals surface area contributed by atoms with E-state index in [9.17, 15) is 5.26 Å². The summed E-state index contributed by atoms with van der Waals surface area (Å²) in [6.45, 7) is 17.6. The number of nitriles is 1. The van der Waals surface area contributed by atoms with Crippen molar-refractivity contribution in [2.75, 3.05) is 39.3 Å². The van der Waals surface area contributed by atoms with Gasteiger partial charge in [0.05, 0.1) is 6.07 Å². The zero-order valence-electron chi connectivity index (χ0n) is 13.9. The van der Waals surface area contributed by atoms with E-state index in [1.807, 2.05) is 6.92 Å². The number of hydrogen-bond donors (Lipinski definition) is 1. The van der Waals surface area contributed by atoms with Gasteiger partial charge in [-0.15, -0.1) is 0 Å². The number of nitrogens with one attached hydrogen (secondary N) is 1. The predicted octanol–water partition coefficient (Wildman–Crippen LogP) is 1.93. The molecule has 0 radical (unpaired) electrons. The first-order valence-corrected chi connectivity index (χ1v) is 7.98. The van der Waals surface area contributed by atoms with Gasteiger partial charge in [0.15, 0.2) is 0 Å². The molecule has 0 aromatic heterocycles. The van der Waals surface area contributed by atoms with Crippen LogP contribution < -0.4 is 5.32 Å². The fourth-order valence-electron chi connectivity index (χ4n) is 2.89. The van der Waals surface area contributed by atoms with Gasteiger partial charge in [0.25, 0.3) is 0 Å². The minimum Gasteiger partial charge on any atom is -0.301 e. The predicted molar refractivity (Wildman–Crippen MR) is 84.6 cm³/mol. The Bertz CT molecular complexity index is 313. The van der Waals surface area contributed by atoms with Gasteiger partial charge in [0.2, 0.25) is 0 Å². The summed E-state index contributed by atoms with van der Waals surface area (Å²) in [4.78, 5) is 5.05. The summed E-state index contributed by atoms with van der Waals surface area (Å²) < 4.78 is 0. The highest BCUT2D eigenvalue weighted by atomic mass is 15.3. The molecule has 1 atom stereocenters. The fourth-order valence-corrected chi connectivity index (χ4v) is 2.89. The average Bonchev–Trinajstić information content (AvgIpc) is 2.36. The number of rotatable bonds is 7. The second kappa shape index (κ2) is 7.97. The first-order valence-electron chi connectivity index (χ1n) is 7.98. The third kappa shape index (κ3) is 6.21. The maximum absolute atomic E-state index is 9.37. The molecule has 0 bridgehead atoms. The lowest BCUT2D eigenvalue weighted by Crippen LogP contribution is -2.51. The highest BCUT2D eigenvalue weighted by Gasteiger charge is 2.26. The van der Waals surface area contributed by atoms with E-state index in [-0.39, 0.29) is 0 Å². The largest absolute Gasteiger partial charge is 0.301 e. The van der Waals surface area contributed by atoms with Crippen LogP contribution in [-0.4, -0.2) is 60.6 Å². The van der Waals surface area contributed by atoms with Crippen LogP contribution in [0.3, 0.4) is 0 Å². The molecule has 0 amide bonds. The highest BCUT2D eigenvalue weighted by Crippen LogP contribution is 2.12. The Morgan fingerprint density at radius 2 is 1.65 bits per heavy atom. The molecule has 20 heavy (non-hydrogen) atoms. The van der Waals surface area contributed by atoms with E-state index in [0.717, 1.165) is 32.0 Å². The molecular formula is C16H32N4. The van der Waals surface area contributed by atoms with Crippen LogP contribution in [0.25, 0.3) is 0 Å². The van der Waals surface area contributed by atoms with Crippen molar-refractivity contribution in [3.05, 3.63) is 0 Å². The third-order valence-corrected chi connectivity index (χ3v) is 3.87. The Kier molecular flexibility index (Phi) is 6.94. The fraction of sp³-hybridized carbons (Fsp3) is 0.938. The monoisotopic (exact) mass is 280 g/mol. The van der Waals surface area contributed by atoms with Crippen LogP contribution in [0, 0.1) is 17.2 Å². The Morgan fingerprint density at radius 1 is 1.10 bits per heavy atom. The SMILES string of the molecule is CC(C)CN1CCN(CCC(C)(C#N)NC(C)C)CC1. The van der Waals surface area contributed by atoms with Crippen molar-refractivity contribution in [1.82, 2.24) is 15.1 Å². The number of hydrogen-bond acceptors (Lipinski definition) is 4. The van der Waals surface area contributed by atoms with E-state index < -0.39 is 5.54 Å². The molecule has 0 aromatic rings. The number of nitrogens with zero attached hydrogens (tertiary/aromatic N) is 3. The minimum atomic E-state index is -0.400. The molecule has 1 unspecified atom stereocenters. The van der Waals surface area contributed by atoms with Gasteiger partial charge in [0, 0.05) is 45.3 Å². The van der Waals surface area contributed by atoms with Gasteiger partial charge in [0.1, 0.15) is 5.54 Å². The van der Waals surface area contributed by atoms with Gasteiger partial charge >= 0.3 is 0 Å². The van der Waals surface area contributed by atoms with Crippen molar-refractivity contribution in [1.29, 1.82) is 5.26 Å². The summed E-state index contributed by atoms with van der Waals surface area (Å²) in [7, 11) is 0. The van der Waals surface area contributed by atoms with E-state index in [1.165, 1.54) is 19.6 Å². The lowest BCUT2D eigenvalue weighted by atomic mass is 9.98. The van der Waals surface area contributed by atoms with E-state index in [4.69, 9.17) is 0 Å². The first-order chi connectivity index (χ1) is 9.34. The van der Waals surface area contributed by atoms with Crippen molar-refractivity contribution in [3.63, 3.8) is 0 Å². The van der Waals surface area contributed by atoms with E-state index in [2.05, 4.69) is 48.9 Å². The highest BCUT2D eigenvalue weighted by molar-refractivity contribution is 5.04. The van der Waals surface area contributed by atoms with Gasteiger partial charge in [-0.25, -0.2) is 0 Å². The third-order valence-electron chi connectivity index (χ3n) is 3.87. The van der Waals surface area contributed by atoms with Crippen molar-refractivity contribution in [3.8, 4) is 6.07 Å². The molecule has 0 spiro atoms. The topological polar surface area (TPSA) is 42.3 Å². The molecule has 0 aromatic carbocycles. The Labute approximate surface area is 125 Å². The molecule has 116 valence electrons. The van der Waals surface area contributed by atoms with Crippen LogP contribution in [0.15, 0.2) is 0 Å². The van der Waals surface area contributed by atoms with Gasteiger partial charge in [-0.05, 0) is 33.1 Å². The van der Waals surface area contributed by atoms with Crippen LogP contribution >= 0.6 is 0 Å². The van der Waals surface area contributed by atoms with Crippen LogP contribution in [0.2, 0.25) is 0 Å². The van der Waals surface area contributed by atoms with Gasteiger partial charge in [-0.2, -0.15) is 5.26 Å². The molecule has 0 saturated carbocycles. The Balaban J connectivity index is 2.32. The molecular weight excluding hydrogens is 248 g/mol. The summed E-state index contributed by atoms with van der Waals surface area (Å²) in [6.07, 6.45) is 0.895. The lowest BCUT2D eigenvalue weighted by molar-refractivity contribution is 0.116. The zero-order chi connectivity index (χ0) is 15.2. The second-order valence-electron chi connectivity index (χ2n) is 7.03. The molecule has 4 nitrogen and oxygen atoms in total. The summed E-state index contributed by atoms with van der Waals surface area (Å²) in [5.41, 5.74) is -0.400. The van der Waals surface area contributed by atoms with E-state index >= 15 is 0 Å². The standard InChI is InChI=1S/C16H32N4/c1-14(2)12-20-10-8-19(9-11-20)7-6-16(5,13-17)18-15(3)4/h14-15,18H,6-12H2,1-5H3. The minimum absolute atomic E-state index is 0.350. The summed E-state index contributed by atoms with van der Waals surface area (Å²) in [5, 5.41) is 12.7. The van der Waals surface area contributed by atoms with Crippen LogP contribution in [0.5, 0.6) is 0 Å². The summed E-state index contributed by atoms with van der Waals surface area (Å²) >= 11 is 0. The second-order valence-corrected chi connectivity index (χ2v) is 7.03. The Hall–Kier alpha value is -0.630. The average molecular weight is 280 g/mol. The normalized spacial score (nSPS) is 21.1. The lowest BCUT2D eigenvalue weighted by Gasteiger charge is -2.37. The molecule has 4 heteroatoms. The van der Waals surface area contributed by atoms with Crippen LogP contribution in [-0.2, 0) is 0 Å². The maximum atomic E-state index is 9.37. The zero-order valence-corrected chi connectivity index (χ0v) is 13.9. The van der Waals surface area contributed by atoms with Crippen LogP contribution in [0.4, 0.5) is 0 Å². The molecule has 1 fully saturated rings. The van der Waals surface area contributed by atoms with Gasteiger partial charge in [-0.1, -0.05) is 13.8 Å². The molecule has 1 N–H and O–H groups in total. The van der Waals surface area contributed by atoms with Gasteiger partial charge in [-0.3, -0.25) is 5.32 Å². The molecule has 1 saturated heterocycles. The summed E-state index contributed by atoms with van der Waals surface area (Å²) in [5.74, 6) is 0.749. The number of piperazine rings is 1. The van der Waals surface area contributed by atoms with Crippen molar-refractivity contribution in [2.45, 2.75) is 52.6 Å².